The molecule has 1 saturated heterocycles. The second-order valence-corrected chi connectivity index (χ2v) is 5.54. The molecule has 1 fully saturated rings. The highest BCUT2D eigenvalue weighted by Crippen LogP contribution is 2.31. The molecule has 1 atom stereocenters. The first kappa shape index (κ1) is 13.8. The molecule has 1 aromatic carbocycles. The molecule has 1 aromatic rings. The van der Waals surface area contributed by atoms with Crippen LogP contribution < -0.4 is 5.32 Å². The third-order valence-electron chi connectivity index (χ3n) is 3.50. The number of allylic oxidation sites excluding steroid dienone is 1. The van der Waals surface area contributed by atoms with Crippen molar-refractivity contribution < 1.29 is 0 Å². The van der Waals surface area contributed by atoms with E-state index in [0.29, 0.717) is 6.04 Å². The Balaban J connectivity index is 2.18. The molecular weight excluding hydrogens is 288 g/mol. The molecule has 0 saturated carbocycles. The van der Waals surface area contributed by atoms with E-state index < -0.39 is 0 Å². The van der Waals surface area contributed by atoms with Crippen molar-refractivity contribution in [3.8, 4) is 0 Å². The van der Waals surface area contributed by atoms with E-state index >= 15 is 0 Å². The van der Waals surface area contributed by atoms with Crippen molar-refractivity contribution in [2.75, 3.05) is 26.2 Å². The van der Waals surface area contributed by atoms with Crippen molar-refractivity contribution in [3.63, 3.8) is 0 Å². The lowest BCUT2D eigenvalue weighted by Gasteiger charge is -2.35. The van der Waals surface area contributed by atoms with Gasteiger partial charge < -0.3 is 5.32 Å². The smallest absolute Gasteiger partial charge is 0.0363 e. The van der Waals surface area contributed by atoms with E-state index in [0.717, 1.165) is 39.0 Å². The Morgan fingerprint density at radius 1 is 1.33 bits per heavy atom. The first-order valence-electron chi connectivity index (χ1n) is 6.63. The monoisotopic (exact) mass is 308 g/mol. The topological polar surface area (TPSA) is 15.3 Å². The minimum absolute atomic E-state index is 0.501. The van der Waals surface area contributed by atoms with Gasteiger partial charge in [-0.15, -0.1) is 6.58 Å². The predicted octanol–water partition coefficient (Wildman–Crippen LogP) is 3.36. The summed E-state index contributed by atoms with van der Waals surface area (Å²) in [6.45, 7) is 8.29. The van der Waals surface area contributed by atoms with Crippen molar-refractivity contribution in [2.24, 2.45) is 0 Å². The van der Waals surface area contributed by atoms with Gasteiger partial charge in [-0.25, -0.2) is 0 Å². The molecule has 18 heavy (non-hydrogen) atoms. The standard InChI is InChI=1S/C15H21BrN2/c1-2-3-8-15(18-11-9-17-10-12-18)13-6-4-5-7-14(13)16/h2,4-7,15,17H,1,3,8-12H2/t15-/m1/s1. The highest BCUT2D eigenvalue weighted by atomic mass is 79.9. The van der Waals surface area contributed by atoms with Gasteiger partial charge in [-0.05, 0) is 24.5 Å². The van der Waals surface area contributed by atoms with Crippen LogP contribution >= 0.6 is 15.9 Å². The van der Waals surface area contributed by atoms with Crippen LogP contribution in [0.4, 0.5) is 0 Å². The van der Waals surface area contributed by atoms with Gasteiger partial charge in [-0.3, -0.25) is 4.90 Å². The van der Waals surface area contributed by atoms with Gasteiger partial charge in [0.15, 0.2) is 0 Å². The quantitative estimate of drug-likeness (QED) is 0.839. The molecule has 0 amide bonds. The Labute approximate surface area is 118 Å². The summed E-state index contributed by atoms with van der Waals surface area (Å²) >= 11 is 3.69. The van der Waals surface area contributed by atoms with Crippen LogP contribution in [0.5, 0.6) is 0 Å². The molecule has 2 nitrogen and oxygen atoms in total. The molecule has 1 heterocycles. The molecule has 2 rings (SSSR count). The second-order valence-electron chi connectivity index (χ2n) is 4.69. The van der Waals surface area contributed by atoms with E-state index in [1.165, 1.54) is 10.0 Å². The molecule has 0 aliphatic carbocycles. The fourth-order valence-corrected chi connectivity index (χ4v) is 3.10. The van der Waals surface area contributed by atoms with Gasteiger partial charge >= 0.3 is 0 Å². The first-order chi connectivity index (χ1) is 8.83. The number of nitrogens with zero attached hydrogens (tertiary/aromatic N) is 1. The molecular formula is C15H21BrN2. The highest BCUT2D eigenvalue weighted by molar-refractivity contribution is 9.10. The van der Waals surface area contributed by atoms with Gasteiger partial charge in [-0.2, -0.15) is 0 Å². The predicted molar refractivity (Wildman–Crippen MR) is 80.8 cm³/mol. The molecule has 0 spiro atoms. The van der Waals surface area contributed by atoms with Crippen LogP contribution in [0.2, 0.25) is 0 Å². The van der Waals surface area contributed by atoms with E-state index in [9.17, 15) is 0 Å². The van der Waals surface area contributed by atoms with Gasteiger partial charge in [0.1, 0.15) is 0 Å². The van der Waals surface area contributed by atoms with Gasteiger partial charge in [0.2, 0.25) is 0 Å². The molecule has 0 bridgehead atoms. The Morgan fingerprint density at radius 3 is 2.72 bits per heavy atom. The SMILES string of the molecule is C=CCC[C@H](c1ccccc1Br)N1CCNCC1. The van der Waals surface area contributed by atoms with Crippen LogP contribution in [0.15, 0.2) is 41.4 Å². The molecule has 3 heteroatoms. The fourth-order valence-electron chi connectivity index (χ4n) is 2.55. The minimum atomic E-state index is 0.501. The summed E-state index contributed by atoms with van der Waals surface area (Å²) in [4.78, 5) is 2.58. The Bertz CT molecular complexity index is 386. The summed E-state index contributed by atoms with van der Waals surface area (Å²) in [5.74, 6) is 0. The van der Waals surface area contributed by atoms with E-state index in [2.05, 4.69) is 57.0 Å². The normalized spacial score (nSPS) is 18.5. The lowest BCUT2D eigenvalue weighted by atomic mass is 9.99. The maximum atomic E-state index is 3.85. The van der Waals surface area contributed by atoms with Gasteiger partial charge in [-0.1, -0.05) is 40.2 Å². The van der Waals surface area contributed by atoms with Crippen LogP contribution in [0, 0.1) is 0 Å². The molecule has 1 aliphatic heterocycles. The first-order valence-corrected chi connectivity index (χ1v) is 7.42. The largest absolute Gasteiger partial charge is 0.314 e. The number of hydrogen-bond acceptors (Lipinski definition) is 2. The zero-order valence-electron chi connectivity index (χ0n) is 10.7. The lowest BCUT2D eigenvalue weighted by molar-refractivity contribution is 0.165. The summed E-state index contributed by atoms with van der Waals surface area (Å²) in [5, 5.41) is 3.42. The second kappa shape index (κ2) is 7.07. The number of nitrogens with one attached hydrogen (secondary N) is 1. The molecule has 0 aromatic heterocycles. The molecule has 1 aliphatic rings. The highest BCUT2D eigenvalue weighted by Gasteiger charge is 2.22. The molecule has 98 valence electrons. The van der Waals surface area contributed by atoms with Crippen molar-refractivity contribution in [3.05, 3.63) is 47.0 Å². The number of rotatable bonds is 5. The number of hydrogen-bond donors (Lipinski definition) is 1. The van der Waals surface area contributed by atoms with Crippen molar-refractivity contribution in [1.29, 1.82) is 0 Å². The van der Waals surface area contributed by atoms with Crippen LogP contribution in [0.3, 0.4) is 0 Å². The zero-order chi connectivity index (χ0) is 12.8. The van der Waals surface area contributed by atoms with Crippen LogP contribution in [-0.2, 0) is 0 Å². The summed E-state index contributed by atoms with van der Waals surface area (Å²) < 4.78 is 1.22. The molecule has 0 radical (unpaired) electrons. The number of benzene rings is 1. The van der Waals surface area contributed by atoms with Crippen molar-refractivity contribution >= 4 is 15.9 Å². The van der Waals surface area contributed by atoms with Gasteiger partial charge in [0.25, 0.3) is 0 Å². The molecule has 1 N–H and O–H groups in total. The van der Waals surface area contributed by atoms with Crippen LogP contribution in [0.1, 0.15) is 24.4 Å². The van der Waals surface area contributed by atoms with E-state index in [1.807, 2.05) is 6.08 Å². The van der Waals surface area contributed by atoms with Crippen LogP contribution in [0.25, 0.3) is 0 Å². The summed E-state index contributed by atoms with van der Waals surface area (Å²) in [7, 11) is 0. The average Bonchev–Trinajstić information content (AvgIpc) is 2.42. The Morgan fingerprint density at radius 2 is 2.06 bits per heavy atom. The maximum Gasteiger partial charge on any atom is 0.0363 e. The molecule has 0 unspecified atom stereocenters. The van der Waals surface area contributed by atoms with E-state index in [1.54, 1.807) is 0 Å². The fraction of sp³-hybridized carbons (Fsp3) is 0.467. The number of halogens is 1. The summed E-state index contributed by atoms with van der Waals surface area (Å²) in [6, 6.07) is 9.08. The number of piperazine rings is 1. The van der Waals surface area contributed by atoms with Crippen molar-refractivity contribution in [1.82, 2.24) is 10.2 Å². The van der Waals surface area contributed by atoms with E-state index in [4.69, 9.17) is 0 Å². The zero-order valence-corrected chi connectivity index (χ0v) is 12.3. The van der Waals surface area contributed by atoms with Gasteiger partial charge in [0.05, 0.1) is 0 Å². The summed E-state index contributed by atoms with van der Waals surface area (Å²) in [6.07, 6.45) is 4.23. The summed E-state index contributed by atoms with van der Waals surface area (Å²) in [5.41, 5.74) is 1.40. The van der Waals surface area contributed by atoms with Crippen molar-refractivity contribution in [2.45, 2.75) is 18.9 Å². The third-order valence-corrected chi connectivity index (χ3v) is 4.22. The third kappa shape index (κ3) is 3.44. The Kier molecular flexibility index (Phi) is 5.42. The lowest BCUT2D eigenvalue weighted by Crippen LogP contribution is -2.45. The minimum Gasteiger partial charge on any atom is -0.314 e. The maximum absolute atomic E-state index is 3.85. The van der Waals surface area contributed by atoms with Gasteiger partial charge in [0, 0.05) is 36.7 Å². The van der Waals surface area contributed by atoms with Crippen LogP contribution in [-0.4, -0.2) is 31.1 Å². The van der Waals surface area contributed by atoms with E-state index in [-0.39, 0.29) is 0 Å². The average molecular weight is 309 g/mol. The Hall–Kier alpha value is -0.640.